The zero-order chi connectivity index (χ0) is 11.7. The first kappa shape index (κ1) is 17.5. The molecule has 1 atom stereocenters. The molecule has 0 aliphatic heterocycles. The molecule has 1 unspecified atom stereocenters. The second kappa shape index (κ2) is 10.7. The summed E-state index contributed by atoms with van der Waals surface area (Å²) < 4.78 is 0. The molecule has 0 radical (unpaired) electrons. The minimum atomic E-state index is -0.938. The maximum atomic E-state index is 11.3. The summed E-state index contributed by atoms with van der Waals surface area (Å²) in [5.74, 6) is -1.24. The van der Waals surface area contributed by atoms with Crippen LogP contribution in [0.25, 0.3) is 0 Å². The number of carbonyl (C=O) groups is 2. The van der Waals surface area contributed by atoms with Crippen LogP contribution in [0.1, 0.15) is 25.7 Å². The summed E-state index contributed by atoms with van der Waals surface area (Å²) >= 11 is 0. The lowest BCUT2D eigenvalue weighted by molar-refractivity contribution is -0.136. The molecule has 0 aromatic heterocycles. The van der Waals surface area contributed by atoms with E-state index in [4.69, 9.17) is 16.6 Å². The fourth-order valence-electron chi connectivity index (χ4n) is 1.06. The summed E-state index contributed by atoms with van der Waals surface area (Å²) in [6.45, 7) is 0.714. The van der Waals surface area contributed by atoms with Gasteiger partial charge >= 0.3 is 5.97 Å². The Bertz CT molecular complexity index is 214. The number of hydrogen-bond donors (Lipinski definition) is 4. The molecule has 96 valence electrons. The van der Waals surface area contributed by atoms with Gasteiger partial charge in [-0.25, -0.2) is 0 Å². The van der Waals surface area contributed by atoms with Crippen molar-refractivity contribution in [3.8, 4) is 0 Å². The molecule has 6 nitrogen and oxygen atoms in total. The van der Waals surface area contributed by atoms with Crippen LogP contribution in [0.3, 0.4) is 0 Å². The lowest BCUT2D eigenvalue weighted by Crippen LogP contribution is -2.41. The number of rotatable bonds is 8. The molecule has 6 N–H and O–H groups in total. The van der Waals surface area contributed by atoms with Gasteiger partial charge in [-0.2, -0.15) is 0 Å². The van der Waals surface area contributed by atoms with Crippen LogP contribution < -0.4 is 16.8 Å². The van der Waals surface area contributed by atoms with Crippen LogP contribution in [0.15, 0.2) is 0 Å². The number of unbranched alkanes of at least 4 members (excludes halogenated alkanes) is 1. The Morgan fingerprint density at radius 3 is 2.44 bits per heavy atom. The number of hydrogen-bond acceptors (Lipinski definition) is 4. The van der Waals surface area contributed by atoms with Gasteiger partial charge in [0.15, 0.2) is 0 Å². The molecule has 0 aliphatic carbocycles. The Hall–Kier alpha value is -0.850. The third kappa shape index (κ3) is 9.70. The van der Waals surface area contributed by atoms with Gasteiger partial charge in [0, 0.05) is 6.54 Å². The van der Waals surface area contributed by atoms with Crippen molar-refractivity contribution in [3.05, 3.63) is 0 Å². The van der Waals surface area contributed by atoms with Gasteiger partial charge < -0.3 is 21.9 Å². The van der Waals surface area contributed by atoms with Crippen molar-refractivity contribution in [2.24, 2.45) is 11.5 Å². The van der Waals surface area contributed by atoms with Gasteiger partial charge in [0.1, 0.15) is 0 Å². The summed E-state index contributed by atoms with van der Waals surface area (Å²) in [5.41, 5.74) is 10.9. The maximum absolute atomic E-state index is 11.3. The molecule has 1 amide bonds. The Labute approximate surface area is 101 Å². The van der Waals surface area contributed by atoms with E-state index in [0.29, 0.717) is 13.0 Å². The van der Waals surface area contributed by atoms with Gasteiger partial charge in [-0.3, -0.25) is 9.59 Å². The van der Waals surface area contributed by atoms with Crippen molar-refractivity contribution in [2.75, 3.05) is 13.1 Å². The number of carboxylic acid groups (broad SMARTS) is 1. The number of carboxylic acids is 1. The smallest absolute Gasteiger partial charge is 0.305 e. The molecular formula is C9H20ClN3O3. The summed E-state index contributed by atoms with van der Waals surface area (Å²) in [6.07, 6.45) is 2.15. The average molecular weight is 254 g/mol. The molecule has 0 aliphatic rings. The molecule has 0 aromatic carbocycles. The van der Waals surface area contributed by atoms with Crippen LogP contribution in [0, 0.1) is 0 Å². The summed E-state index contributed by atoms with van der Waals surface area (Å²) in [5, 5.41) is 10.8. The summed E-state index contributed by atoms with van der Waals surface area (Å²) in [6, 6.07) is -0.564. The van der Waals surface area contributed by atoms with Crippen molar-refractivity contribution in [1.29, 1.82) is 0 Å². The van der Waals surface area contributed by atoms with Gasteiger partial charge in [0.25, 0.3) is 0 Å². The van der Waals surface area contributed by atoms with Crippen LogP contribution in [-0.4, -0.2) is 36.1 Å². The highest BCUT2D eigenvalue weighted by atomic mass is 35.5. The quantitative estimate of drug-likeness (QED) is 0.433. The molecule has 0 saturated heterocycles. The first-order chi connectivity index (χ1) is 7.07. The highest BCUT2D eigenvalue weighted by Gasteiger charge is 2.12. The topological polar surface area (TPSA) is 118 Å². The highest BCUT2D eigenvalue weighted by Crippen LogP contribution is 1.97. The van der Waals surface area contributed by atoms with E-state index in [0.717, 1.165) is 12.8 Å². The van der Waals surface area contributed by atoms with Crippen molar-refractivity contribution in [1.82, 2.24) is 5.32 Å². The monoisotopic (exact) mass is 253 g/mol. The third-order valence-corrected chi connectivity index (χ3v) is 1.94. The van der Waals surface area contributed by atoms with E-state index in [2.05, 4.69) is 5.32 Å². The fraction of sp³-hybridized carbons (Fsp3) is 0.778. The Morgan fingerprint density at radius 1 is 1.31 bits per heavy atom. The number of nitrogens with two attached hydrogens (primary N) is 2. The molecule has 0 spiro atoms. The maximum Gasteiger partial charge on any atom is 0.305 e. The molecule has 0 saturated carbocycles. The first-order valence-corrected chi connectivity index (χ1v) is 5.03. The zero-order valence-electron chi connectivity index (χ0n) is 9.15. The second-order valence-corrected chi connectivity index (χ2v) is 3.33. The first-order valence-electron chi connectivity index (χ1n) is 5.03. The van der Waals surface area contributed by atoms with Crippen LogP contribution in [0.5, 0.6) is 0 Å². The van der Waals surface area contributed by atoms with Gasteiger partial charge in [0.05, 0.1) is 12.5 Å². The lowest BCUT2D eigenvalue weighted by Gasteiger charge is -2.10. The molecule has 7 heteroatoms. The Balaban J connectivity index is 0. The largest absolute Gasteiger partial charge is 0.481 e. The van der Waals surface area contributed by atoms with Crippen LogP contribution >= 0.6 is 12.4 Å². The predicted molar refractivity (Wildman–Crippen MR) is 63.4 cm³/mol. The fourth-order valence-corrected chi connectivity index (χ4v) is 1.06. The molecule has 0 rings (SSSR count). The van der Waals surface area contributed by atoms with E-state index in [-0.39, 0.29) is 31.3 Å². The van der Waals surface area contributed by atoms with Crippen LogP contribution in [0.2, 0.25) is 0 Å². The number of amides is 1. The predicted octanol–water partition coefficient (Wildman–Crippen LogP) is -0.545. The molecule has 0 fully saturated rings. The molecule has 16 heavy (non-hydrogen) atoms. The number of carbonyl (C=O) groups excluding carboxylic acids is 1. The van der Waals surface area contributed by atoms with E-state index in [1.807, 2.05) is 0 Å². The highest BCUT2D eigenvalue weighted by molar-refractivity contribution is 5.85. The van der Waals surface area contributed by atoms with Gasteiger partial charge in [-0.05, 0) is 19.4 Å². The van der Waals surface area contributed by atoms with E-state index < -0.39 is 12.0 Å². The number of aliphatic carboxylic acids is 1. The van der Waals surface area contributed by atoms with E-state index in [1.165, 1.54) is 0 Å². The van der Waals surface area contributed by atoms with E-state index in [9.17, 15) is 9.59 Å². The minimum absolute atomic E-state index is 0. The minimum Gasteiger partial charge on any atom is -0.481 e. The third-order valence-electron chi connectivity index (χ3n) is 1.94. The van der Waals surface area contributed by atoms with Gasteiger partial charge in [-0.1, -0.05) is 6.42 Å². The van der Waals surface area contributed by atoms with Crippen molar-refractivity contribution >= 4 is 24.3 Å². The second-order valence-electron chi connectivity index (χ2n) is 3.33. The van der Waals surface area contributed by atoms with Gasteiger partial charge in [0.2, 0.25) is 5.91 Å². The van der Waals surface area contributed by atoms with Gasteiger partial charge in [-0.15, -0.1) is 12.4 Å². The zero-order valence-corrected chi connectivity index (χ0v) is 9.96. The van der Waals surface area contributed by atoms with Crippen molar-refractivity contribution in [2.45, 2.75) is 31.7 Å². The van der Waals surface area contributed by atoms with Crippen LogP contribution in [0.4, 0.5) is 0 Å². The standard InChI is InChI=1S/C9H19N3O3.ClH/c10-5-2-1-3-7(11)9(15)12-6-4-8(13)14;/h7H,1-6,10-11H2,(H,12,15)(H,13,14);1H. The Kier molecular flexibility index (Phi) is 11.7. The number of nitrogens with one attached hydrogen (secondary N) is 1. The normalized spacial score (nSPS) is 11.4. The molecule has 0 aromatic rings. The van der Waals surface area contributed by atoms with E-state index >= 15 is 0 Å². The Morgan fingerprint density at radius 2 is 1.94 bits per heavy atom. The lowest BCUT2D eigenvalue weighted by atomic mass is 10.1. The average Bonchev–Trinajstić information content (AvgIpc) is 2.17. The summed E-state index contributed by atoms with van der Waals surface area (Å²) in [4.78, 5) is 21.4. The van der Waals surface area contributed by atoms with Crippen molar-refractivity contribution < 1.29 is 14.7 Å². The number of halogens is 1. The molecular weight excluding hydrogens is 234 g/mol. The molecule has 0 heterocycles. The summed E-state index contributed by atoms with van der Waals surface area (Å²) in [7, 11) is 0. The molecule has 0 bridgehead atoms. The van der Waals surface area contributed by atoms with Crippen LogP contribution in [-0.2, 0) is 9.59 Å². The van der Waals surface area contributed by atoms with E-state index in [1.54, 1.807) is 0 Å². The SMILES string of the molecule is Cl.NCCCCC(N)C(=O)NCCC(=O)O. The van der Waals surface area contributed by atoms with Crippen molar-refractivity contribution in [3.63, 3.8) is 0 Å².